The number of likely N-dealkylation sites (N-methyl/N-ethyl adjacent to an activating group) is 1. The molecule has 1 aliphatic heterocycles. The van der Waals surface area contributed by atoms with Crippen molar-refractivity contribution < 1.29 is 16.8 Å². The van der Waals surface area contributed by atoms with Crippen molar-refractivity contribution in [2.45, 2.75) is 10.6 Å². The minimum Gasteiger partial charge on any atom is -0.304 e. The summed E-state index contributed by atoms with van der Waals surface area (Å²) in [7, 11) is -5.18. The molecule has 0 saturated carbocycles. The van der Waals surface area contributed by atoms with E-state index in [1.165, 1.54) is 28.6 Å². The average Bonchev–Trinajstić information content (AvgIpc) is 2.62. The van der Waals surface area contributed by atoms with Gasteiger partial charge in [0.25, 0.3) is 0 Å². The number of hydrogen-bond acceptors (Lipinski definition) is 5. The molecule has 7 nitrogen and oxygen atoms in total. The topological polar surface area (TPSA) is 86.8 Å². The Kier molecular flexibility index (Phi) is 5.85. The average molecular weight is 410 g/mol. The molecular formula is C18H23N3O4S2. The Morgan fingerprint density at radius 1 is 0.852 bits per heavy atom. The molecule has 0 spiro atoms. The number of anilines is 1. The van der Waals surface area contributed by atoms with Crippen LogP contribution in [0.2, 0.25) is 0 Å². The Morgan fingerprint density at radius 3 is 2.04 bits per heavy atom. The molecule has 0 atom stereocenters. The summed E-state index contributed by atoms with van der Waals surface area (Å²) in [4.78, 5) is 2.24. The van der Waals surface area contributed by atoms with Gasteiger partial charge in [-0.15, -0.1) is 0 Å². The van der Waals surface area contributed by atoms with Gasteiger partial charge < -0.3 is 4.90 Å². The van der Waals surface area contributed by atoms with Crippen LogP contribution in [0, 0.1) is 0 Å². The molecule has 1 N–H and O–H groups in total. The monoisotopic (exact) mass is 409 g/mol. The highest BCUT2D eigenvalue weighted by molar-refractivity contribution is 7.92. The number of benzene rings is 2. The number of piperazine rings is 1. The van der Waals surface area contributed by atoms with Crippen LogP contribution < -0.4 is 4.72 Å². The Hall–Kier alpha value is -1.94. The molecule has 9 heteroatoms. The summed E-state index contributed by atoms with van der Waals surface area (Å²) < 4.78 is 53.9. The van der Waals surface area contributed by atoms with Gasteiger partial charge in [0.2, 0.25) is 20.0 Å². The molecule has 0 bridgehead atoms. The van der Waals surface area contributed by atoms with Crippen molar-refractivity contribution >= 4 is 25.7 Å². The normalized spacial score (nSPS) is 16.9. The lowest BCUT2D eigenvalue weighted by Crippen LogP contribution is -2.46. The van der Waals surface area contributed by atoms with Gasteiger partial charge in [-0.3, -0.25) is 4.72 Å². The van der Waals surface area contributed by atoms with Gasteiger partial charge in [0, 0.05) is 31.9 Å². The highest BCUT2D eigenvalue weighted by Crippen LogP contribution is 2.20. The fraction of sp³-hybridized carbons (Fsp3) is 0.333. The van der Waals surface area contributed by atoms with Crippen molar-refractivity contribution in [1.82, 2.24) is 9.21 Å². The van der Waals surface area contributed by atoms with Gasteiger partial charge in [0.15, 0.2) is 0 Å². The summed E-state index contributed by atoms with van der Waals surface area (Å²) in [5.41, 5.74) is 1.02. The lowest BCUT2D eigenvalue weighted by Gasteiger charge is -2.31. The van der Waals surface area contributed by atoms with Gasteiger partial charge >= 0.3 is 0 Å². The zero-order chi connectivity index (χ0) is 19.5. The molecule has 0 radical (unpaired) electrons. The van der Waals surface area contributed by atoms with Gasteiger partial charge in [-0.1, -0.05) is 30.3 Å². The van der Waals surface area contributed by atoms with Crippen molar-refractivity contribution in [2.24, 2.45) is 0 Å². The zero-order valence-corrected chi connectivity index (χ0v) is 16.7. The van der Waals surface area contributed by atoms with Gasteiger partial charge in [0.1, 0.15) is 0 Å². The highest BCUT2D eigenvalue weighted by atomic mass is 32.2. The highest BCUT2D eigenvalue weighted by Gasteiger charge is 2.27. The second kappa shape index (κ2) is 7.97. The van der Waals surface area contributed by atoms with Crippen LogP contribution >= 0.6 is 0 Å². The molecule has 1 saturated heterocycles. The third-order valence-corrected chi connectivity index (χ3v) is 7.60. The quantitative estimate of drug-likeness (QED) is 0.783. The summed E-state index contributed by atoms with van der Waals surface area (Å²) in [6.07, 6.45) is 0. The lowest BCUT2D eigenvalue weighted by atomic mass is 10.2. The third kappa shape index (κ3) is 5.07. The Morgan fingerprint density at radius 2 is 1.44 bits per heavy atom. The largest absolute Gasteiger partial charge is 0.304 e. The number of hydrogen-bond donors (Lipinski definition) is 1. The van der Waals surface area contributed by atoms with Crippen molar-refractivity contribution in [3.8, 4) is 0 Å². The second-order valence-corrected chi connectivity index (χ2v) is 10.2. The maximum absolute atomic E-state index is 12.7. The van der Waals surface area contributed by atoms with E-state index in [4.69, 9.17) is 0 Å². The van der Waals surface area contributed by atoms with E-state index in [9.17, 15) is 16.8 Å². The van der Waals surface area contributed by atoms with Gasteiger partial charge in [-0.25, -0.2) is 16.8 Å². The van der Waals surface area contributed by atoms with Gasteiger partial charge in [-0.05, 0) is 36.9 Å². The van der Waals surface area contributed by atoms with E-state index in [1.54, 1.807) is 24.3 Å². The predicted octanol–water partition coefficient (Wildman–Crippen LogP) is 1.56. The lowest BCUT2D eigenvalue weighted by molar-refractivity contribution is 0.222. The molecule has 2 aromatic rings. The molecule has 2 aromatic carbocycles. The van der Waals surface area contributed by atoms with E-state index in [1.807, 2.05) is 13.1 Å². The SMILES string of the molecule is CN1CCN(S(=O)(=O)c2ccc(NS(=O)(=O)Cc3ccccc3)cc2)CC1. The van der Waals surface area contributed by atoms with Gasteiger partial charge in [0.05, 0.1) is 10.6 Å². The molecule has 0 amide bonds. The van der Waals surface area contributed by atoms with E-state index >= 15 is 0 Å². The maximum atomic E-state index is 12.7. The van der Waals surface area contributed by atoms with Crippen LogP contribution in [-0.4, -0.2) is 59.3 Å². The van der Waals surface area contributed by atoms with Gasteiger partial charge in [-0.2, -0.15) is 4.31 Å². The molecule has 1 fully saturated rings. The van der Waals surface area contributed by atoms with E-state index < -0.39 is 20.0 Å². The second-order valence-electron chi connectivity index (χ2n) is 6.58. The van der Waals surface area contributed by atoms with Crippen molar-refractivity contribution in [3.63, 3.8) is 0 Å². The maximum Gasteiger partial charge on any atom is 0.243 e. The van der Waals surface area contributed by atoms with E-state index in [-0.39, 0.29) is 10.6 Å². The summed E-state index contributed by atoms with van der Waals surface area (Å²) in [5.74, 6) is -0.144. The van der Waals surface area contributed by atoms with Crippen LogP contribution in [0.3, 0.4) is 0 Å². The van der Waals surface area contributed by atoms with Crippen molar-refractivity contribution in [2.75, 3.05) is 37.9 Å². The van der Waals surface area contributed by atoms with E-state index in [0.29, 0.717) is 37.4 Å². The first-order valence-electron chi connectivity index (χ1n) is 8.59. The first-order chi connectivity index (χ1) is 12.8. The molecule has 0 unspecified atom stereocenters. The summed E-state index contributed by atoms with van der Waals surface area (Å²) in [5, 5.41) is 0. The molecule has 146 valence electrons. The first-order valence-corrected chi connectivity index (χ1v) is 11.7. The number of rotatable bonds is 6. The summed E-state index contributed by atoms with van der Waals surface area (Å²) in [6.45, 7) is 2.28. The molecule has 1 aliphatic rings. The smallest absolute Gasteiger partial charge is 0.243 e. The van der Waals surface area contributed by atoms with Crippen LogP contribution in [0.25, 0.3) is 0 Å². The predicted molar refractivity (Wildman–Crippen MR) is 105 cm³/mol. The van der Waals surface area contributed by atoms with Crippen LogP contribution in [0.4, 0.5) is 5.69 Å². The number of sulfonamides is 2. The minimum atomic E-state index is -3.58. The standard InChI is InChI=1S/C18H23N3O4S2/c1-20-11-13-21(14-12-20)27(24,25)18-9-7-17(8-10-18)19-26(22,23)15-16-5-3-2-4-6-16/h2-10,19H,11-15H2,1H3. The number of nitrogens with zero attached hydrogens (tertiary/aromatic N) is 2. The van der Waals surface area contributed by atoms with Crippen LogP contribution in [0.5, 0.6) is 0 Å². The fourth-order valence-corrected chi connectivity index (χ4v) is 5.50. The molecule has 27 heavy (non-hydrogen) atoms. The minimum absolute atomic E-state index is 0.144. The summed E-state index contributed by atoms with van der Waals surface area (Å²) in [6, 6.07) is 14.7. The van der Waals surface area contributed by atoms with Crippen molar-refractivity contribution in [3.05, 3.63) is 60.2 Å². The van der Waals surface area contributed by atoms with E-state index in [0.717, 1.165) is 0 Å². The van der Waals surface area contributed by atoms with E-state index in [2.05, 4.69) is 9.62 Å². The van der Waals surface area contributed by atoms with Crippen LogP contribution in [0.15, 0.2) is 59.5 Å². The molecule has 3 rings (SSSR count). The van der Waals surface area contributed by atoms with Crippen molar-refractivity contribution in [1.29, 1.82) is 0 Å². The zero-order valence-electron chi connectivity index (χ0n) is 15.1. The third-order valence-electron chi connectivity index (χ3n) is 4.43. The Bertz CT molecular complexity index is 967. The van der Waals surface area contributed by atoms with Crippen LogP contribution in [0.1, 0.15) is 5.56 Å². The molecule has 0 aromatic heterocycles. The Labute approximate surface area is 160 Å². The Balaban J connectivity index is 1.70. The molecule has 0 aliphatic carbocycles. The first kappa shape index (κ1) is 19.8. The van der Waals surface area contributed by atoms with Crippen LogP contribution in [-0.2, 0) is 25.8 Å². The molecular weight excluding hydrogens is 386 g/mol. The number of nitrogens with one attached hydrogen (secondary N) is 1. The fourth-order valence-electron chi connectivity index (χ4n) is 2.88. The summed E-state index contributed by atoms with van der Waals surface area (Å²) >= 11 is 0. The molecule has 1 heterocycles.